The first-order valence-electron chi connectivity index (χ1n) is 8.53. The minimum Gasteiger partial charge on any atom is -0.396 e. The third-order valence-electron chi connectivity index (χ3n) is 4.40. The van der Waals surface area contributed by atoms with Crippen molar-refractivity contribution in [3.63, 3.8) is 0 Å². The Morgan fingerprint density at radius 1 is 1.44 bits per heavy atom. The van der Waals surface area contributed by atoms with Crippen LogP contribution in [0.15, 0.2) is 29.3 Å². The van der Waals surface area contributed by atoms with Gasteiger partial charge in [0, 0.05) is 37.8 Å². The second-order valence-corrected chi connectivity index (χ2v) is 6.21. The van der Waals surface area contributed by atoms with Crippen LogP contribution >= 0.6 is 0 Å². The number of hydrogen-bond donors (Lipinski definition) is 3. The Labute approximate surface area is 147 Å². The second-order valence-electron chi connectivity index (χ2n) is 6.21. The number of nitro benzene ring substituents is 1. The van der Waals surface area contributed by atoms with Gasteiger partial charge in [0.05, 0.1) is 23.6 Å². The van der Waals surface area contributed by atoms with Crippen LogP contribution in [0.25, 0.3) is 0 Å². The Morgan fingerprint density at radius 3 is 2.88 bits per heavy atom. The lowest BCUT2D eigenvalue weighted by molar-refractivity contribution is -0.385. The molecule has 0 aromatic heterocycles. The van der Waals surface area contributed by atoms with E-state index >= 15 is 0 Å². The molecule has 2 rings (SSSR count). The van der Waals surface area contributed by atoms with Crippen LogP contribution in [0.3, 0.4) is 0 Å². The lowest BCUT2D eigenvalue weighted by Gasteiger charge is -2.27. The van der Waals surface area contributed by atoms with Gasteiger partial charge in [-0.15, -0.1) is 0 Å². The molecule has 3 N–H and O–H groups in total. The van der Waals surface area contributed by atoms with E-state index in [0.717, 1.165) is 6.42 Å². The number of guanidine groups is 1. The molecule has 8 heteroatoms. The minimum absolute atomic E-state index is 0.0723. The number of ether oxygens (including phenoxy) is 1. The normalized spacial score (nSPS) is 20.5. The van der Waals surface area contributed by atoms with Crippen molar-refractivity contribution in [2.45, 2.75) is 26.3 Å². The summed E-state index contributed by atoms with van der Waals surface area (Å²) in [5.74, 6) is 0.602. The van der Waals surface area contributed by atoms with E-state index < -0.39 is 4.92 Å². The summed E-state index contributed by atoms with van der Waals surface area (Å²) < 4.78 is 5.49. The Morgan fingerprint density at radius 2 is 2.24 bits per heavy atom. The molecular weight excluding hydrogens is 324 g/mol. The van der Waals surface area contributed by atoms with Gasteiger partial charge in [-0.1, -0.05) is 18.2 Å². The van der Waals surface area contributed by atoms with Crippen molar-refractivity contribution < 1.29 is 14.8 Å². The highest BCUT2D eigenvalue weighted by Crippen LogP contribution is 2.31. The van der Waals surface area contributed by atoms with Gasteiger partial charge < -0.3 is 20.5 Å². The Hall–Kier alpha value is -2.19. The second kappa shape index (κ2) is 9.33. The molecule has 138 valence electrons. The van der Waals surface area contributed by atoms with Gasteiger partial charge in [0.1, 0.15) is 0 Å². The fourth-order valence-corrected chi connectivity index (χ4v) is 2.91. The lowest BCUT2D eigenvalue weighted by Crippen LogP contribution is -2.44. The summed E-state index contributed by atoms with van der Waals surface area (Å²) in [6.45, 7) is 4.94. The molecule has 1 aliphatic heterocycles. The molecule has 0 aliphatic carbocycles. The topological polar surface area (TPSA) is 109 Å². The van der Waals surface area contributed by atoms with Crippen LogP contribution in [0.1, 0.15) is 25.3 Å². The van der Waals surface area contributed by atoms with E-state index in [-0.39, 0.29) is 24.3 Å². The third-order valence-corrected chi connectivity index (χ3v) is 4.40. The van der Waals surface area contributed by atoms with Crippen molar-refractivity contribution in [2.24, 2.45) is 10.4 Å². The molecule has 0 saturated carbocycles. The Bertz CT molecular complexity index is 600. The number of hydrogen-bond acceptors (Lipinski definition) is 5. The van der Waals surface area contributed by atoms with Gasteiger partial charge in [0.15, 0.2) is 5.96 Å². The van der Waals surface area contributed by atoms with Crippen molar-refractivity contribution in [3.05, 3.63) is 39.9 Å². The number of rotatable bonds is 8. The Balaban J connectivity index is 2.04. The van der Waals surface area contributed by atoms with Gasteiger partial charge in [0.25, 0.3) is 5.69 Å². The average molecular weight is 350 g/mol. The van der Waals surface area contributed by atoms with Gasteiger partial charge in [-0.3, -0.25) is 10.1 Å². The summed E-state index contributed by atoms with van der Waals surface area (Å²) in [6.07, 6.45) is 1.56. The van der Waals surface area contributed by atoms with Crippen molar-refractivity contribution in [3.8, 4) is 0 Å². The molecule has 0 radical (unpaired) electrons. The van der Waals surface area contributed by atoms with Crippen LogP contribution in [0.5, 0.6) is 0 Å². The number of benzene rings is 1. The predicted octanol–water partition coefficient (Wildman–Crippen LogP) is 1.44. The fourth-order valence-electron chi connectivity index (χ4n) is 2.91. The summed E-state index contributed by atoms with van der Waals surface area (Å²) >= 11 is 0. The lowest BCUT2D eigenvalue weighted by atomic mass is 9.84. The van der Waals surface area contributed by atoms with E-state index in [9.17, 15) is 15.2 Å². The molecule has 8 nitrogen and oxygen atoms in total. The van der Waals surface area contributed by atoms with Gasteiger partial charge in [0.2, 0.25) is 0 Å². The van der Waals surface area contributed by atoms with E-state index in [4.69, 9.17) is 4.74 Å². The van der Waals surface area contributed by atoms with Crippen molar-refractivity contribution in [1.82, 2.24) is 10.6 Å². The largest absolute Gasteiger partial charge is 0.396 e. The SMILES string of the molecule is CCNC(=NCc1ccccc1[N+](=O)[O-])NCC1(CCO)CCOC1. The molecule has 0 bridgehead atoms. The van der Waals surface area contributed by atoms with Crippen LogP contribution in [-0.4, -0.2) is 48.9 Å². The zero-order valence-electron chi connectivity index (χ0n) is 14.5. The number of para-hydroxylation sites is 1. The first kappa shape index (κ1) is 19.1. The first-order chi connectivity index (χ1) is 12.1. The predicted molar refractivity (Wildman–Crippen MR) is 95.5 cm³/mol. The zero-order chi connectivity index (χ0) is 18.1. The molecule has 1 atom stereocenters. The van der Waals surface area contributed by atoms with Crippen LogP contribution in [0, 0.1) is 15.5 Å². The molecular formula is C17H26N4O4. The number of nitrogens with one attached hydrogen (secondary N) is 2. The number of aliphatic hydroxyl groups excluding tert-OH is 1. The summed E-state index contributed by atoms with van der Waals surface area (Å²) in [7, 11) is 0. The molecule has 1 aliphatic rings. The molecule has 1 saturated heterocycles. The maximum Gasteiger partial charge on any atom is 0.274 e. The standard InChI is InChI=1S/C17H26N4O4/c1-2-18-16(20-12-17(7-9-22)8-10-25-13-17)19-11-14-5-3-4-6-15(14)21(23)24/h3-6,22H,2,7-13H2,1H3,(H2,18,19,20). The molecule has 1 aromatic carbocycles. The van der Waals surface area contributed by atoms with Gasteiger partial charge >= 0.3 is 0 Å². The summed E-state index contributed by atoms with van der Waals surface area (Å²) in [5, 5.41) is 26.8. The smallest absolute Gasteiger partial charge is 0.274 e. The van der Waals surface area contributed by atoms with Crippen LogP contribution in [0.4, 0.5) is 5.69 Å². The molecule has 25 heavy (non-hydrogen) atoms. The van der Waals surface area contributed by atoms with Crippen LogP contribution < -0.4 is 10.6 Å². The third kappa shape index (κ3) is 5.40. The molecule has 1 fully saturated rings. The Kier molecular flexibility index (Phi) is 7.15. The molecule has 1 heterocycles. The minimum atomic E-state index is -0.392. The number of aliphatic hydroxyl groups is 1. The maximum absolute atomic E-state index is 11.1. The van der Waals surface area contributed by atoms with E-state index in [1.54, 1.807) is 18.2 Å². The van der Waals surface area contributed by atoms with Crippen molar-refractivity contribution in [1.29, 1.82) is 0 Å². The highest BCUT2D eigenvalue weighted by atomic mass is 16.6. The van der Waals surface area contributed by atoms with Crippen LogP contribution in [-0.2, 0) is 11.3 Å². The summed E-state index contributed by atoms with van der Waals surface area (Å²) in [4.78, 5) is 15.2. The quantitative estimate of drug-likeness (QED) is 0.283. The summed E-state index contributed by atoms with van der Waals surface area (Å²) in [6, 6.07) is 6.61. The molecule has 1 aromatic rings. The number of nitro groups is 1. The maximum atomic E-state index is 11.1. The molecule has 0 amide bonds. The number of nitrogens with zero attached hydrogens (tertiary/aromatic N) is 2. The molecule has 0 spiro atoms. The number of aliphatic imine (C=N–C) groups is 1. The van der Waals surface area contributed by atoms with Crippen molar-refractivity contribution >= 4 is 11.6 Å². The van der Waals surface area contributed by atoms with E-state index in [1.807, 2.05) is 6.92 Å². The zero-order valence-corrected chi connectivity index (χ0v) is 14.5. The van der Waals surface area contributed by atoms with Gasteiger partial charge in [-0.25, -0.2) is 4.99 Å². The van der Waals surface area contributed by atoms with Gasteiger partial charge in [-0.2, -0.15) is 0 Å². The average Bonchev–Trinajstić information content (AvgIpc) is 3.07. The van der Waals surface area contributed by atoms with E-state index in [0.29, 0.717) is 44.2 Å². The monoisotopic (exact) mass is 350 g/mol. The first-order valence-corrected chi connectivity index (χ1v) is 8.53. The fraction of sp³-hybridized carbons (Fsp3) is 0.588. The van der Waals surface area contributed by atoms with E-state index in [2.05, 4.69) is 15.6 Å². The summed E-state index contributed by atoms with van der Waals surface area (Å²) in [5.41, 5.74) is 0.547. The van der Waals surface area contributed by atoms with Gasteiger partial charge in [-0.05, 0) is 19.8 Å². The highest BCUT2D eigenvalue weighted by molar-refractivity contribution is 5.79. The van der Waals surface area contributed by atoms with Crippen molar-refractivity contribution in [2.75, 3.05) is 32.9 Å². The highest BCUT2D eigenvalue weighted by Gasteiger charge is 2.34. The van der Waals surface area contributed by atoms with E-state index in [1.165, 1.54) is 6.07 Å². The molecule has 1 unspecified atom stereocenters. The van der Waals surface area contributed by atoms with Crippen LogP contribution in [0.2, 0.25) is 0 Å².